The van der Waals surface area contributed by atoms with Crippen LogP contribution in [0.2, 0.25) is 0 Å². The second-order valence-corrected chi connectivity index (χ2v) is 2.57. The van der Waals surface area contributed by atoms with Crippen LogP contribution in [-0.2, 0) is 10.6 Å². The number of carbonyl (C=O) groups excluding carboxylic acids is 1. The van der Waals surface area contributed by atoms with Crippen LogP contribution in [0, 0.1) is 0 Å². The van der Waals surface area contributed by atoms with Crippen molar-refractivity contribution in [1.82, 2.24) is 4.98 Å². The lowest BCUT2D eigenvalue weighted by Crippen LogP contribution is -2.12. The summed E-state index contributed by atoms with van der Waals surface area (Å²) in [5.74, 6) is 0.822. The van der Waals surface area contributed by atoms with Crippen LogP contribution < -0.4 is 5.32 Å². The van der Waals surface area contributed by atoms with Gasteiger partial charge < -0.3 is 4.74 Å². The second-order valence-electron chi connectivity index (χ2n) is 2.30. The van der Waals surface area contributed by atoms with Crippen LogP contribution in [0.15, 0.2) is 18.3 Å². The lowest BCUT2D eigenvalue weighted by atomic mass is 10.3. The van der Waals surface area contributed by atoms with Gasteiger partial charge in [-0.15, -0.1) is 11.6 Å². The van der Waals surface area contributed by atoms with Crippen molar-refractivity contribution in [2.75, 3.05) is 12.4 Å². The Balaban J connectivity index is 2.71. The van der Waals surface area contributed by atoms with Crippen molar-refractivity contribution in [3.05, 3.63) is 23.9 Å². The molecule has 0 aromatic carbocycles. The highest BCUT2D eigenvalue weighted by molar-refractivity contribution is 6.17. The Bertz CT molecular complexity index is 304. The molecule has 1 rings (SSSR count). The van der Waals surface area contributed by atoms with Crippen LogP contribution in [0.1, 0.15) is 5.56 Å². The van der Waals surface area contributed by atoms with Crippen molar-refractivity contribution in [1.29, 1.82) is 0 Å². The van der Waals surface area contributed by atoms with Crippen molar-refractivity contribution in [2.24, 2.45) is 0 Å². The van der Waals surface area contributed by atoms with E-state index in [4.69, 9.17) is 11.6 Å². The molecule has 13 heavy (non-hydrogen) atoms. The molecule has 0 bridgehead atoms. The number of alkyl halides is 1. The fourth-order valence-corrected chi connectivity index (χ4v) is 0.948. The molecule has 0 unspecified atom stereocenters. The molecule has 0 aliphatic rings. The van der Waals surface area contributed by atoms with Gasteiger partial charge in [-0.25, -0.2) is 9.78 Å². The minimum atomic E-state index is -0.542. The summed E-state index contributed by atoms with van der Waals surface area (Å²) in [5, 5.41) is 2.44. The highest BCUT2D eigenvalue weighted by Crippen LogP contribution is 2.08. The molecule has 5 heteroatoms. The number of nitrogens with zero attached hydrogens (tertiary/aromatic N) is 1. The molecule has 0 aliphatic carbocycles. The summed E-state index contributed by atoms with van der Waals surface area (Å²) < 4.78 is 4.40. The number of nitrogens with one attached hydrogen (secondary N) is 1. The first kappa shape index (κ1) is 9.80. The fourth-order valence-electron chi connectivity index (χ4n) is 0.781. The molecule has 1 heterocycles. The molecule has 0 spiro atoms. The molecule has 0 saturated heterocycles. The molecule has 0 saturated carbocycles. The third kappa shape index (κ3) is 2.91. The summed E-state index contributed by atoms with van der Waals surface area (Å²) in [4.78, 5) is 14.7. The van der Waals surface area contributed by atoms with Crippen molar-refractivity contribution < 1.29 is 9.53 Å². The van der Waals surface area contributed by atoms with Gasteiger partial charge in [0.25, 0.3) is 0 Å². The number of methoxy groups -OCH3 is 1. The Morgan fingerprint density at radius 2 is 2.54 bits per heavy atom. The number of hydrogen-bond acceptors (Lipinski definition) is 3. The van der Waals surface area contributed by atoms with Crippen LogP contribution in [-0.4, -0.2) is 18.2 Å². The van der Waals surface area contributed by atoms with Crippen molar-refractivity contribution in [3.8, 4) is 0 Å². The maximum atomic E-state index is 10.8. The van der Waals surface area contributed by atoms with E-state index in [0.717, 1.165) is 5.56 Å². The van der Waals surface area contributed by atoms with Crippen LogP contribution in [0.4, 0.5) is 10.6 Å². The number of aromatic nitrogens is 1. The Labute approximate surface area is 80.9 Å². The maximum Gasteiger partial charge on any atom is 0.412 e. The van der Waals surface area contributed by atoms with Crippen LogP contribution >= 0.6 is 11.6 Å². The average Bonchev–Trinajstić information content (AvgIpc) is 2.18. The summed E-state index contributed by atoms with van der Waals surface area (Å²) in [6.45, 7) is 0. The Hall–Kier alpha value is -1.29. The smallest absolute Gasteiger partial charge is 0.412 e. The molecule has 70 valence electrons. The van der Waals surface area contributed by atoms with Gasteiger partial charge in [-0.1, -0.05) is 0 Å². The second kappa shape index (κ2) is 4.67. The van der Waals surface area contributed by atoms with Crippen LogP contribution in [0.25, 0.3) is 0 Å². The fraction of sp³-hybridized carbons (Fsp3) is 0.250. The molecule has 0 aliphatic heterocycles. The molecule has 1 amide bonds. The summed E-state index contributed by atoms with van der Waals surface area (Å²) in [6, 6.07) is 3.46. The van der Waals surface area contributed by atoms with E-state index < -0.39 is 6.09 Å². The van der Waals surface area contributed by atoms with Crippen LogP contribution in [0.3, 0.4) is 0 Å². The molecule has 1 aromatic rings. The van der Waals surface area contributed by atoms with E-state index in [2.05, 4.69) is 15.0 Å². The van der Waals surface area contributed by atoms with E-state index in [1.807, 2.05) is 0 Å². The Morgan fingerprint density at radius 1 is 1.77 bits per heavy atom. The third-order valence-electron chi connectivity index (χ3n) is 1.39. The number of halogens is 1. The summed E-state index contributed by atoms with van der Waals surface area (Å²) in [6.07, 6.45) is 1.03. The predicted octanol–water partition coefficient (Wildman–Crippen LogP) is 2.00. The lowest BCUT2D eigenvalue weighted by molar-refractivity contribution is 0.187. The first-order valence-electron chi connectivity index (χ1n) is 3.62. The number of anilines is 1. The molecule has 4 nitrogen and oxygen atoms in total. The van der Waals surface area contributed by atoms with Gasteiger partial charge in [-0.05, 0) is 17.7 Å². The molecule has 0 radical (unpaired) electrons. The average molecular weight is 201 g/mol. The molecule has 1 aromatic heterocycles. The normalized spacial score (nSPS) is 9.38. The van der Waals surface area contributed by atoms with Gasteiger partial charge in [0.2, 0.25) is 0 Å². The largest absolute Gasteiger partial charge is 0.453 e. The van der Waals surface area contributed by atoms with E-state index in [9.17, 15) is 4.79 Å². The highest BCUT2D eigenvalue weighted by atomic mass is 35.5. The summed E-state index contributed by atoms with van der Waals surface area (Å²) >= 11 is 5.60. The zero-order valence-corrected chi connectivity index (χ0v) is 7.84. The number of amides is 1. The van der Waals surface area contributed by atoms with E-state index in [1.165, 1.54) is 7.11 Å². The van der Waals surface area contributed by atoms with E-state index >= 15 is 0 Å². The molecule has 0 atom stereocenters. The SMILES string of the molecule is COC(=O)Nc1cc(CCl)ccn1. The van der Waals surface area contributed by atoms with E-state index in [-0.39, 0.29) is 0 Å². The first-order valence-corrected chi connectivity index (χ1v) is 4.15. The number of carbonyl (C=O) groups is 1. The van der Waals surface area contributed by atoms with Crippen molar-refractivity contribution in [3.63, 3.8) is 0 Å². The number of hydrogen-bond donors (Lipinski definition) is 1. The third-order valence-corrected chi connectivity index (χ3v) is 1.70. The predicted molar refractivity (Wildman–Crippen MR) is 49.8 cm³/mol. The summed E-state index contributed by atoms with van der Waals surface area (Å²) in [5.41, 5.74) is 0.892. The zero-order valence-electron chi connectivity index (χ0n) is 7.08. The van der Waals surface area contributed by atoms with Gasteiger partial charge in [-0.3, -0.25) is 5.32 Å². The minimum absolute atomic E-state index is 0.387. The first-order chi connectivity index (χ1) is 6.26. The van der Waals surface area contributed by atoms with Gasteiger partial charge in [-0.2, -0.15) is 0 Å². The summed E-state index contributed by atoms with van der Waals surface area (Å²) in [7, 11) is 1.29. The van der Waals surface area contributed by atoms with E-state index in [1.54, 1.807) is 18.3 Å². The van der Waals surface area contributed by atoms with Crippen LogP contribution in [0.5, 0.6) is 0 Å². The van der Waals surface area contributed by atoms with E-state index in [0.29, 0.717) is 11.7 Å². The zero-order chi connectivity index (χ0) is 9.68. The standard InChI is InChI=1S/C8H9ClN2O2/c1-13-8(12)11-7-4-6(5-9)2-3-10-7/h2-4H,5H2,1H3,(H,10,11,12). The monoisotopic (exact) mass is 200 g/mol. The molecular formula is C8H9ClN2O2. The van der Waals surface area contributed by atoms with Crippen molar-refractivity contribution >= 4 is 23.5 Å². The number of ether oxygens (including phenoxy) is 1. The Kier molecular flexibility index (Phi) is 3.52. The molecular weight excluding hydrogens is 192 g/mol. The Morgan fingerprint density at radius 3 is 3.15 bits per heavy atom. The van der Waals surface area contributed by atoms with Gasteiger partial charge in [0, 0.05) is 12.1 Å². The molecule has 1 N–H and O–H groups in total. The maximum absolute atomic E-state index is 10.8. The highest BCUT2D eigenvalue weighted by Gasteiger charge is 2.01. The molecule has 0 fully saturated rings. The number of rotatable bonds is 2. The number of pyridine rings is 1. The lowest BCUT2D eigenvalue weighted by Gasteiger charge is -2.02. The van der Waals surface area contributed by atoms with Gasteiger partial charge in [0.15, 0.2) is 0 Å². The van der Waals surface area contributed by atoms with Crippen molar-refractivity contribution in [2.45, 2.75) is 5.88 Å². The van der Waals surface area contributed by atoms with Gasteiger partial charge in [0.1, 0.15) is 5.82 Å². The topological polar surface area (TPSA) is 51.2 Å². The van der Waals surface area contributed by atoms with Gasteiger partial charge in [0.05, 0.1) is 7.11 Å². The van der Waals surface area contributed by atoms with Gasteiger partial charge >= 0.3 is 6.09 Å². The minimum Gasteiger partial charge on any atom is -0.453 e. The quantitative estimate of drug-likeness (QED) is 0.743.